The number of hydrogen-bond donors (Lipinski definition) is 0. The molecule has 2 aliphatic rings. The number of carbonyl (C=O) groups is 4. The Hall–Kier alpha value is -3.80. The van der Waals surface area contributed by atoms with E-state index in [-0.39, 0.29) is 23.6 Å². The van der Waals surface area contributed by atoms with E-state index in [0.29, 0.717) is 11.4 Å². The molecule has 0 bridgehead atoms. The number of hydrogen-bond acceptors (Lipinski definition) is 4. The van der Waals surface area contributed by atoms with E-state index < -0.39 is 0 Å². The van der Waals surface area contributed by atoms with E-state index >= 15 is 0 Å². The second-order valence-electron chi connectivity index (χ2n) is 7.13. The molecular weight excluding hydrogens is 380 g/mol. The van der Waals surface area contributed by atoms with Crippen LogP contribution in [0.5, 0.6) is 0 Å². The van der Waals surface area contributed by atoms with Gasteiger partial charge in [0, 0.05) is 24.3 Å². The molecule has 152 valence electrons. The molecule has 0 aliphatic carbocycles. The Morgan fingerprint density at radius 1 is 0.500 bits per heavy atom. The SMILES string of the molecule is Cc1cccc(N2C(=O)C=CC2=O)c1C.Cc1cccc(N2C(=O)C=CC2=O)c1C. The van der Waals surface area contributed by atoms with Crippen LogP contribution >= 0.6 is 0 Å². The highest BCUT2D eigenvalue weighted by molar-refractivity contribution is 6.29. The molecule has 0 saturated heterocycles. The van der Waals surface area contributed by atoms with Crippen molar-refractivity contribution in [1.29, 1.82) is 0 Å². The molecule has 0 atom stereocenters. The second kappa shape index (κ2) is 8.29. The summed E-state index contributed by atoms with van der Waals surface area (Å²) in [6.07, 6.45) is 5.18. The van der Waals surface area contributed by atoms with Crippen LogP contribution in [-0.2, 0) is 19.2 Å². The van der Waals surface area contributed by atoms with Gasteiger partial charge in [0.1, 0.15) is 0 Å². The van der Waals surface area contributed by atoms with Crippen molar-refractivity contribution in [1.82, 2.24) is 0 Å². The van der Waals surface area contributed by atoms with Gasteiger partial charge in [-0.2, -0.15) is 0 Å². The predicted molar refractivity (Wildman–Crippen MR) is 115 cm³/mol. The maximum absolute atomic E-state index is 11.5. The van der Waals surface area contributed by atoms with Gasteiger partial charge >= 0.3 is 0 Å². The van der Waals surface area contributed by atoms with Crippen molar-refractivity contribution in [2.75, 3.05) is 9.80 Å². The van der Waals surface area contributed by atoms with E-state index in [1.807, 2.05) is 52.0 Å². The van der Waals surface area contributed by atoms with Crippen molar-refractivity contribution < 1.29 is 19.2 Å². The molecular formula is C24H22N2O4. The Morgan fingerprint density at radius 3 is 1.10 bits per heavy atom. The number of benzene rings is 2. The third-order valence-corrected chi connectivity index (χ3v) is 5.25. The first-order chi connectivity index (χ1) is 14.2. The zero-order valence-corrected chi connectivity index (χ0v) is 17.3. The van der Waals surface area contributed by atoms with Gasteiger partial charge < -0.3 is 0 Å². The quantitative estimate of drug-likeness (QED) is 0.721. The highest BCUT2D eigenvalue weighted by atomic mass is 16.2. The zero-order chi connectivity index (χ0) is 22.0. The van der Waals surface area contributed by atoms with Crippen LogP contribution in [0.15, 0.2) is 60.7 Å². The summed E-state index contributed by atoms with van der Waals surface area (Å²) < 4.78 is 0. The van der Waals surface area contributed by atoms with Gasteiger partial charge in [0.2, 0.25) is 0 Å². The molecule has 2 aromatic carbocycles. The Labute approximate surface area is 175 Å². The van der Waals surface area contributed by atoms with Crippen molar-refractivity contribution in [2.24, 2.45) is 0 Å². The van der Waals surface area contributed by atoms with E-state index in [1.165, 1.54) is 34.1 Å². The summed E-state index contributed by atoms with van der Waals surface area (Å²) in [5, 5.41) is 0. The first kappa shape index (κ1) is 20.9. The van der Waals surface area contributed by atoms with E-state index in [1.54, 1.807) is 12.1 Å². The third-order valence-electron chi connectivity index (χ3n) is 5.25. The van der Waals surface area contributed by atoms with Crippen LogP contribution in [-0.4, -0.2) is 23.6 Å². The average molecular weight is 402 g/mol. The van der Waals surface area contributed by atoms with Gasteiger partial charge in [0.15, 0.2) is 0 Å². The summed E-state index contributed by atoms with van der Waals surface area (Å²) in [7, 11) is 0. The third kappa shape index (κ3) is 3.85. The zero-order valence-electron chi connectivity index (χ0n) is 17.3. The van der Waals surface area contributed by atoms with Crippen molar-refractivity contribution in [3.63, 3.8) is 0 Å². The number of rotatable bonds is 2. The molecule has 0 spiro atoms. The smallest absolute Gasteiger partial charge is 0.258 e. The first-order valence-corrected chi connectivity index (χ1v) is 9.47. The van der Waals surface area contributed by atoms with Crippen LogP contribution in [0, 0.1) is 27.7 Å². The number of imide groups is 2. The maximum atomic E-state index is 11.5. The minimum atomic E-state index is -0.270. The summed E-state index contributed by atoms with van der Waals surface area (Å²) >= 11 is 0. The second-order valence-corrected chi connectivity index (χ2v) is 7.13. The van der Waals surface area contributed by atoms with Crippen molar-refractivity contribution in [2.45, 2.75) is 27.7 Å². The molecule has 6 nitrogen and oxygen atoms in total. The molecule has 0 aromatic heterocycles. The molecule has 2 heterocycles. The fourth-order valence-corrected chi connectivity index (χ4v) is 3.23. The van der Waals surface area contributed by atoms with Crippen molar-refractivity contribution >= 4 is 35.0 Å². The van der Waals surface area contributed by atoms with Crippen LogP contribution in [0.3, 0.4) is 0 Å². The monoisotopic (exact) mass is 402 g/mol. The van der Waals surface area contributed by atoms with Crippen molar-refractivity contribution in [3.05, 3.63) is 83.0 Å². The van der Waals surface area contributed by atoms with Crippen LogP contribution < -0.4 is 9.80 Å². The van der Waals surface area contributed by atoms with Crippen LogP contribution in [0.2, 0.25) is 0 Å². The fraction of sp³-hybridized carbons (Fsp3) is 0.167. The Balaban J connectivity index is 0.000000171. The number of amides is 4. The summed E-state index contributed by atoms with van der Waals surface area (Å²) in [6, 6.07) is 11.2. The number of aryl methyl sites for hydroxylation is 2. The molecule has 0 saturated carbocycles. The van der Waals surface area contributed by atoms with E-state index in [0.717, 1.165) is 22.3 Å². The molecule has 0 unspecified atom stereocenters. The lowest BCUT2D eigenvalue weighted by atomic mass is 10.1. The van der Waals surface area contributed by atoms with Gasteiger partial charge in [0.05, 0.1) is 11.4 Å². The minimum absolute atomic E-state index is 0.270. The number of anilines is 2. The van der Waals surface area contributed by atoms with Gasteiger partial charge in [-0.15, -0.1) is 0 Å². The molecule has 2 aliphatic heterocycles. The number of nitrogens with zero attached hydrogens (tertiary/aromatic N) is 2. The van der Waals surface area contributed by atoms with Crippen molar-refractivity contribution in [3.8, 4) is 0 Å². The Bertz CT molecular complexity index is 1000. The Kier molecular flexibility index (Phi) is 5.78. The summed E-state index contributed by atoms with van der Waals surface area (Å²) in [5.74, 6) is -1.08. The lowest BCUT2D eigenvalue weighted by molar-refractivity contribution is -0.121. The van der Waals surface area contributed by atoms with Gasteiger partial charge in [-0.25, -0.2) is 9.80 Å². The van der Waals surface area contributed by atoms with Crippen LogP contribution in [0.25, 0.3) is 0 Å². The molecule has 6 heteroatoms. The first-order valence-electron chi connectivity index (χ1n) is 9.47. The van der Waals surface area contributed by atoms with E-state index in [4.69, 9.17) is 0 Å². The molecule has 0 N–H and O–H groups in total. The topological polar surface area (TPSA) is 74.8 Å². The van der Waals surface area contributed by atoms with E-state index in [9.17, 15) is 19.2 Å². The fourth-order valence-electron chi connectivity index (χ4n) is 3.23. The molecule has 30 heavy (non-hydrogen) atoms. The summed E-state index contributed by atoms with van der Waals surface area (Å²) in [5.41, 5.74) is 5.41. The highest BCUT2D eigenvalue weighted by Crippen LogP contribution is 2.26. The maximum Gasteiger partial charge on any atom is 0.258 e. The standard InChI is InChI=1S/2C12H11NO2/c2*1-8-4-3-5-10(9(8)2)13-11(14)6-7-12(13)15/h2*3-7H,1-2H3. The van der Waals surface area contributed by atoms with Gasteiger partial charge in [-0.05, 0) is 62.1 Å². The highest BCUT2D eigenvalue weighted by Gasteiger charge is 2.27. The largest absolute Gasteiger partial charge is 0.269 e. The molecule has 4 rings (SSSR count). The van der Waals surface area contributed by atoms with Gasteiger partial charge in [-0.3, -0.25) is 19.2 Å². The lowest BCUT2D eigenvalue weighted by Crippen LogP contribution is -2.30. The Morgan fingerprint density at radius 2 is 0.800 bits per heavy atom. The molecule has 4 amide bonds. The van der Waals surface area contributed by atoms with Gasteiger partial charge in [0.25, 0.3) is 23.6 Å². The van der Waals surface area contributed by atoms with Crippen LogP contribution in [0.4, 0.5) is 11.4 Å². The van der Waals surface area contributed by atoms with Gasteiger partial charge in [-0.1, -0.05) is 24.3 Å². The summed E-state index contributed by atoms with van der Waals surface area (Å²) in [6.45, 7) is 7.72. The average Bonchev–Trinajstić information content (AvgIpc) is 3.22. The van der Waals surface area contributed by atoms with Crippen LogP contribution in [0.1, 0.15) is 22.3 Å². The van der Waals surface area contributed by atoms with E-state index in [2.05, 4.69) is 0 Å². The molecule has 0 fully saturated rings. The predicted octanol–water partition coefficient (Wildman–Crippen LogP) is 3.47. The molecule has 2 aromatic rings. The number of carbonyl (C=O) groups excluding carboxylic acids is 4. The minimum Gasteiger partial charge on any atom is -0.269 e. The molecule has 0 radical (unpaired) electrons. The normalized spacial score (nSPS) is 15.2. The lowest BCUT2D eigenvalue weighted by Gasteiger charge is -2.17. The summed E-state index contributed by atoms with van der Waals surface area (Å²) in [4.78, 5) is 48.3.